The molecule has 2 aromatic heterocycles. The third kappa shape index (κ3) is 1.75. The second-order valence-corrected chi connectivity index (χ2v) is 3.22. The van der Waals surface area contributed by atoms with Crippen LogP contribution in [0.5, 0.6) is 0 Å². The van der Waals surface area contributed by atoms with Crippen LogP contribution in [0, 0.1) is 0 Å². The molecule has 0 unspecified atom stereocenters. The van der Waals surface area contributed by atoms with Gasteiger partial charge < -0.3 is 25.1 Å². The number of aliphatic hydroxyl groups excluding tert-OH is 1. The number of nitrogens with zero attached hydrogens (tertiary/aromatic N) is 2. The number of rotatable bonds is 4. The Morgan fingerprint density at radius 1 is 1.67 bits per heavy atom. The van der Waals surface area contributed by atoms with Crippen molar-refractivity contribution in [3.8, 4) is 0 Å². The minimum absolute atomic E-state index is 0.115. The normalized spacial score (nSPS) is 11.1. The molecule has 0 aromatic carbocycles. The highest BCUT2D eigenvalue weighted by Gasteiger charge is 2.11. The van der Waals surface area contributed by atoms with Crippen molar-refractivity contribution in [3.63, 3.8) is 0 Å². The summed E-state index contributed by atoms with van der Waals surface area (Å²) in [4.78, 5) is 9.05. The number of oxazole rings is 1. The van der Waals surface area contributed by atoms with Gasteiger partial charge in [0.25, 0.3) is 6.01 Å². The molecular formula is C9H14N4O2. The summed E-state index contributed by atoms with van der Waals surface area (Å²) < 4.78 is 5.17. The molecule has 0 bridgehead atoms. The molecule has 0 radical (unpaired) electrons. The monoisotopic (exact) mass is 210 g/mol. The van der Waals surface area contributed by atoms with Crippen molar-refractivity contribution in [2.24, 2.45) is 0 Å². The highest BCUT2D eigenvalue weighted by Crippen LogP contribution is 2.22. The van der Waals surface area contributed by atoms with Crippen molar-refractivity contribution in [2.75, 3.05) is 30.3 Å². The van der Waals surface area contributed by atoms with Crippen LogP contribution in [-0.2, 0) is 0 Å². The topological polar surface area (TPSA) is 91.3 Å². The molecule has 0 fully saturated rings. The van der Waals surface area contributed by atoms with Crippen molar-refractivity contribution in [1.82, 2.24) is 9.97 Å². The number of aliphatic hydroxyl groups is 1. The molecule has 2 rings (SSSR count). The quantitative estimate of drug-likeness (QED) is 0.685. The molecule has 6 heteroatoms. The molecule has 0 aliphatic carbocycles. The van der Waals surface area contributed by atoms with Crippen LogP contribution in [0.4, 0.5) is 11.8 Å². The highest BCUT2D eigenvalue weighted by molar-refractivity contribution is 5.76. The van der Waals surface area contributed by atoms with Gasteiger partial charge in [-0.1, -0.05) is 0 Å². The summed E-state index contributed by atoms with van der Waals surface area (Å²) in [7, 11) is 0. The standard InChI is InChI=1S/C9H14N4O2/c1-2-13(3-4-14)7-5-6-8(11-7)12-9(10)15-6/h5,11,14H,2-4H2,1H3,(H2,10,12). The Morgan fingerprint density at radius 2 is 2.47 bits per heavy atom. The number of anilines is 2. The van der Waals surface area contributed by atoms with Crippen LogP contribution in [0.15, 0.2) is 10.5 Å². The summed E-state index contributed by atoms with van der Waals surface area (Å²) in [6.07, 6.45) is 0. The molecule has 6 nitrogen and oxygen atoms in total. The van der Waals surface area contributed by atoms with Crippen LogP contribution in [0.3, 0.4) is 0 Å². The fraction of sp³-hybridized carbons (Fsp3) is 0.444. The minimum atomic E-state index is 0.115. The number of nitrogen functional groups attached to an aromatic ring is 1. The number of likely N-dealkylation sites (N-methyl/N-ethyl adjacent to an activating group) is 1. The fourth-order valence-corrected chi connectivity index (χ4v) is 1.56. The Bertz CT molecular complexity index is 416. The van der Waals surface area contributed by atoms with Gasteiger partial charge in [-0.2, -0.15) is 4.98 Å². The number of H-pyrrole nitrogens is 1. The van der Waals surface area contributed by atoms with Crippen molar-refractivity contribution >= 4 is 23.1 Å². The third-order valence-electron chi connectivity index (χ3n) is 2.28. The zero-order valence-electron chi connectivity index (χ0n) is 8.53. The van der Waals surface area contributed by atoms with E-state index < -0.39 is 0 Å². The van der Waals surface area contributed by atoms with Gasteiger partial charge in [0.05, 0.1) is 6.61 Å². The summed E-state index contributed by atoms with van der Waals surface area (Å²) in [5.41, 5.74) is 6.68. The van der Waals surface area contributed by atoms with Crippen molar-refractivity contribution in [1.29, 1.82) is 0 Å². The Balaban J connectivity index is 2.30. The van der Waals surface area contributed by atoms with Gasteiger partial charge in [0.1, 0.15) is 5.82 Å². The first kappa shape index (κ1) is 9.85. The first-order valence-electron chi connectivity index (χ1n) is 4.85. The molecule has 0 aliphatic heterocycles. The Morgan fingerprint density at radius 3 is 3.07 bits per heavy atom. The number of hydrogen-bond acceptors (Lipinski definition) is 5. The number of hydrogen-bond donors (Lipinski definition) is 3. The molecular weight excluding hydrogens is 196 g/mol. The third-order valence-corrected chi connectivity index (χ3v) is 2.28. The SMILES string of the molecule is CCN(CCO)c1cc2oc(N)nc2[nH]1. The summed E-state index contributed by atoms with van der Waals surface area (Å²) in [6, 6.07) is 1.99. The second-order valence-electron chi connectivity index (χ2n) is 3.22. The lowest BCUT2D eigenvalue weighted by Gasteiger charge is -2.19. The van der Waals surface area contributed by atoms with E-state index in [9.17, 15) is 0 Å². The summed E-state index contributed by atoms with van der Waals surface area (Å²) >= 11 is 0. The van der Waals surface area contributed by atoms with Gasteiger partial charge in [-0.15, -0.1) is 0 Å². The minimum Gasteiger partial charge on any atom is -0.422 e. The van der Waals surface area contributed by atoms with Crippen LogP contribution in [-0.4, -0.2) is 34.8 Å². The Labute approximate surface area is 86.7 Å². The maximum atomic E-state index is 8.88. The van der Waals surface area contributed by atoms with Crippen molar-refractivity contribution in [2.45, 2.75) is 6.92 Å². The molecule has 0 saturated heterocycles. The van der Waals surface area contributed by atoms with Crippen LogP contribution < -0.4 is 10.6 Å². The van der Waals surface area contributed by atoms with Crippen molar-refractivity contribution < 1.29 is 9.52 Å². The maximum absolute atomic E-state index is 8.88. The molecule has 4 N–H and O–H groups in total. The van der Waals surface area contributed by atoms with E-state index in [-0.39, 0.29) is 12.6 Å². The molecule has 0 amide bonds. The first-order valence-corrected chi connectivity index (χ1v) is 4.85. The molecule has 0 saturated carbocycles. The molecule has 0 atom stereocenters. The van der Waals surface area contributed by atoms with Crippen LogP contribution >= 0.6 is 0 Å². The number of aromatic amines is 1. The number of aromatic nitrogens is 2. The van der Waals surface area contributed by atoms with Crippen LogP contribution in [0.25, 0.3) is 11.2 Å². The lowest BCUT2D eigenvalue weighted by atomic mass is 10.4. The van der Waals surface area contributed by atoms with Gasteiger partial charge in [-0.25, -0.2) is 0 Å². The predicted octanol–water partition coefficient (Wildman–Crippen LogP) is 0.557. The number of fused-ring (bicyclic) bond motifs is 1. The largest absolute Gasteiger partial charge is 0.422 e. The molecule has 0 aliphatic rings. The van der Waals surface area contributed by atoms with Gasteiger partial charge in [-0.05, 0) is 6.92 Å². The average Bonchev–Trinajstić information content (AvgIpc) is 2.70. The summed E-state index contributed by atoms with van der Waals surface area (Å²) in [5.74, 6) is 0.882. The van der Waals surface area contributed by atoms with E-state index in [0.29, 0.717) is 17.8 Å². The fourth-order valence-electron chi connectivity index (χ4n) is 1.56. The number of nitrogens with two attached hydrogens (primary N) is 1. The molecule has 82 valence electrons. The summed E-state index contributed by atoms with van der Waals surface area (Å²) in [5, 5.41) is 8.88. The van der Waals surface area contributed by atoms with Gasteiger partial charge in [0.2, 0.25) is 0 Å². The van der Waals surface area contributed by atoms with E-state index in [4.69, 9.17) is 15.3 Å². The molecule has 15 heavy (non-hydrogen) atoms. The van der Waals surface area contributed by atoms with E-state index in [0.717, 1.165) is 12.4 Å². The maximum Gasteiger partial charge on any atom is 0.294 e. The average molecular weight is 210 g/mol. The van der Waals surface area contributed by atoms with Crippen LogP contribution in [0.1, 0.15) is 6.92 Å². The Hall–Kier alpha value is -1.69. The van der Waals surface area contributed by atoms with Gasteiger partial charge in [0.15, 0.2) is 11.2 Å². The lowest BCUT2D eigenvalue weighted by molar-refractivity contribution is 0.302. The zero-order chi connectivity index (χ0) is 10.8. The first-order chi connectivity index (χ1) is 7.24. The van der Waals surface area contributed by atoms with Crippen molar-refractivity contribution in [3.05, 3.63) is 6.07 Å². The summed E-state index contributed by atoms with van der Waals surface area (Å²) in [6.45, 7) is 3.51. The molecule has 0 spiro atoms. The van der Waals surface area contributed by atoms with Crippen LogP contribution in [0.2, 0.25) is 0 Å². The van der Waals surface area contributed by atoms with E-state index >= 15 is 0 Å². The lowest BCUT2D eigenvalue weighted by Crippen LogP contribution is -2.26. The predicted molar refractivity (Wildman–Crippen MR) is 57.7 cm³/mol. The van der Waals surface area contributed by atoms with Gasteiger partial charge >= 0.3 is 0 Å². The second kappa shape index (κ2) is 3.82. The smallest absolute Gasteiger partial charge is 0.294 e. The van der Waals surface area contributed by atoms with E-state index in [1.807, 2.05) is 17.9 Å². The highest BCUT2D eigenvalue weighted by atomic mass is 16.4. The number of nitrogens with one attached hydrogen (secondary N) is 1. The van der Waals surface area contributed by atoms with E-state index in [2.05, 4.69) is 9.97 Å². The van der Waals surface area contributed by atoms with E-state index in [1.54, 1.807) is 0 Å². The Kier molecular flexibility index (Phi) is 2.51. The van der Waals surface area contributed by atoms with Gasteiger partial charge in [0, 0.05) is 19.2 Å². The zero-order valence-corrected chi connectivity index (χ0v) is 8.53. The van der Waals surface area contributed by atoms with Gasteiger partial charge in [-0.3, -0.25) is 0 Å². The molecule has 2 heterocycles. The van der Waals surface area contributed by atoms with E-state index in [1.165, 1.54) is 0 Å². The molecule has 2 aromatic rings.